The lowest BCUT2D eigenvalue weighted by atomic mass is 10.0. The third kappa shape index (κ3) is 3.07. The molecule has 2 aromatic heterocycles. The van der Waals surface area contributed by atoms with Gasteiger partial charge in [0.15, 0.2) is 5.65 Å². The van der Waals surface area contributed by atoms with E-state index in [9.17, 15) is 13.9 Å². The van der Waals surface area contributed by atoms with Crippen LogP contribution in [-0.4, -0.2) is 56.6 Å². The number of likely N-dealkylation sites (N-methyl/N-ethyl adjacent to an activating group) is 1. The van der Waals surface area contributed by atoms with Crippen LogP contribution in [0.15, 0.2) is 24.3 Å². The lowest BCUT2D eigenvalue weighted by molar-refractivity contribution is 0.00597. The first-order valence-electron chi connectivity index (χ1n) is 9.12. The highest BCUT2D eigenvalue weighted by molar-refractivity contribution is 5.81. The lowest BCUT2D eigenvalue weighted by Crippen LogP contribution is -2.38. The first-order valence-corrected chi connectivity index (χ1v) is 9.12. The molecule has 0 aliphatic carbocycles. The van der Waals surface area contributed by atoms with Gasteiger partial charge in [-0.25, -0.2) is 18.7 Å². The number of aryl methyl sites for hydroxylation is 3. The highest BCUT2D eigenvalue weighted by Crippen LogP contribution is 2.35. The van der Waals surface area contributed by atoms with E-state index in [0.717, 1.165) is 16.6 Å². The number of phenolic OH excluding ortho intramolecular Hbond substituents is 1. The number of nitrogens with one attached hydrogen (secondary N) is 1. The van der Waals surface area contributed by atoms with Gasteiger partial charge in [-0.2, -0.15) is 0 Å². The number of nitrogens with zero attached hydrogens (tertiary/aromatic N) is 4. The number of likely N-dealkylation sites (tertiary alicyclic amines) is 1. The fraction of sp³-hybridized carbons (Fsp3) is 0.400. The Labute approximate surface area is 161 Å². The van der Waals surface area contributed by atoms with Crippen molar-refractivity contribution in [3.8, 4) is 17.1 Å². The monoisotopic (exact) mass is 387 g/mol. The Kier molecular flexibility index (Phi) is 4.26. The minimum atomic E-state index is -2.81. The van der Waals surface area contributed by atoms with Gasteiger partial charge in [-0.15, -0.1) is 0 Å². The van der Waals surface area contributed by atoms with Crippen LogP contribution >= 0.6 is 0 Å². The largest absolute Gasteiger partial charge is 0.507 e. The Hall–Kier alpha value is -2.74. The lowest BCUT2D eigenvalue weighted by Gasteiger charge is -2.19. The van der Waals surface area contributed by atoms with E-state index in [4.69, 9.17) is 0 Å². The highest BCUT2D eigenvalue weighted by Gasteiger charge is 2.47. The van der Waals surface area contributed by atoms with Gasteiger partial charge in [0, 0.05) is 13.6 Å². The number of halogens is 2. The smallest absolute Gasteiger partial charge is 0.281 e. The second-order valence-corrected chi connectivity index (χ2v) is 7.66. The second kappa shape index (κ2) is 6.41. The van der Waals surface area contributed by atoms with Gasteiger partial charge in [0.1, 0.15) is 23.4 Å². The number of imidazole rings is 1. The van der Waals surface area contributed by atoms with E-state index in [1.165, 1.54) is 0 Å². The molecule has 1 unspecified atom stereocenters. The maximum Gasteiger partial charge on any atom is 0.281 e. The molecule has 1 aromatic carbocycles. The molecule has 1 aliphatic rings. The summed E-state index contributed by atoms with van der Waals surface area (Å²) in [5.74, 6) is -1.71. The molecular weight excluding hydrogens is 364 g/mol. The SMILES string of the molecule is Cc1cc(C)c(-c2nc3nc(NC4CN(C)CC4(F)F)ccc3n2C)c(O)c1. The predicted octanol–water partition coefficient (Wildman–Crippen LogP) is 3.32. The zero-order valence-electron chi connectivity index (χ0n) is 16.3. The molecule has 1 atom stereocenters. The number of fused-ring (bicyclic) bond motifs is 1. The standard InChI is InChI=1S/C20H23F2N5O/c1-11-7-12(2)17(14(28)8-11)19-25-18-13(27(19)4)5-6-16(24-18)23-15-9-26(3)10-20(15,21)22/h5-8,15,28H,9-10H2,1-4H3,(H,23,24). The summed E-state index contributed by atoms with van der Waals surface area (Å²) in [6.07, 6.45) is 0. The molecule has 0 bridgehead atoms. The van der Waals surface area contributed by atoms with E-state index >= 15 is 0 Å². The van der Waals surface area contributed by atoms with Crippen molar-refractivity contribution in [1.29, 1.82) is 0 Å². The van der Waals surface area contributed by atoms with Gasteiger partial charge >= 0.3 is 0 Å². The minimum absolute atomic E-state index is 0.155. The zero-order chi connectivity index (χ0) is 20.2. The van der Waals surface area contributed by atoms with Crippen molar-refractivity contribution >= 4 is 17.0 Å². The van der Waals surface area contributed by atoms with Gasteiger partial charge in [-0.05, 0) is 50.2 Å². The average molecular weight is 387 g/mol. The van der Waals surface area contributed by atoms with Gasteiger partial charge < -0.3 is 15.0 Å². The summed E-state index contributed by atoms with van der Waals surface area (Å²) < 4.78 is 30.0. The van der Waals surface area contributed by atoms with Crippen LogP contribution in [0.2, 0.25) is 0 Å². The Bertz CT molecular complexity index is 1040. The van der Waals surface area contributed by atoms with Crippen molar-refractivity contribution < 1.29 is 13.9 Å². The summed E-state index contributed by atoms with van der Waals surface area (Å²) in [5, 5.41) is 13.3. The molecule has 2 N–H and O–H groups in total. The van der Waals surface area contributed by atoms with Gasteiger partial charge in [-0.1, -0.05) is 6.07 Å². The third-order valence-electron chi connectivity index (χ3n) is 5.23. The summed E-state index contributed by atoms with van der Waals surface area (Å²) in [5.41, 5.74) is 3.71. The van der Waals surface area contributed by atoms with Crippen LogP contribution in [0.1, 0.15) is 11.1 Å². The van der Waals surface area contributed by atoms with Crippen molar-refractivity contribution in [2.75, 3.05) is 25.5 Å². The number of hydrogen-bond acceptors (Lipinski definition) is 5. The van der Waals surface area contributed by atoms with Crippen molar-refractivity contribution in [3.63, 3.8) is 0 Å². The quantitative estimate of drug-likeness (QED) is 0.722. The number of benzene rings is 1. The molecule has 148 valence electrons. The molecule has 3 heterocycles. The van der Waals surface area contributed by atoms with E-state index in [1.807, 2.05) is 31.5 Å². The van der Waals surface area contributed by atoms with E-state index in [2.05, 4.69) is 15.3 Å². The number of aromatic nitrogens is 3. The molecule has 6 nitrogen and oxygen atoms in total. The zero-order valence-corrected chi connectivity index (χ0v) is 16.3. The number of pyridine rings is 1. The van der Waals surface area contributed by atoms with Crippen molar-refractivity contribution in [1.82, 2.24) is 19.4 Å². The van der Waals surface area contributed by atoms with E-state index in [0.29, 0.717) is 22.9 Å². The number of anilines is 1. The van der Waals surface area contributed by atoms with Crippen LogP contribution in [0.25, 0.3) is 22.6 Å². The first-order chi connectivity index (χ1) is 13.2. The highest BCUT2D eigenvalue weighted by atomic mass is 19.3. The van der Waals surface area contributed by atoms with E-state index < -0.39 is 12.0 Å². The normalized spacial score (nSPS) is 19.4. The fourth-order valence-electron chi connectivity index (χ4n) is 3.92. The van der Waals surface area contributed by atoms with Crippen LogP contribution in [0.4, 0.5) is 14.6 Å². The Morgan fingerprint density at radius 1 is 1.18 bits per heavy atom. The molecule has 28 heavy (non-hydrogen) atoms. The summed E-state index contributed by atoms with van der Waals surface area (Å²) >= 11 is 0. The molecule has 3 aromatic rings. The minimum Gasteiger partial charge on any atom is -0.507 e. The second-order valence-electron chi connectivity index (χ2n) is 7.66. The van der Waals surface area contributed by atoms with Gasteiger partial charge in [0.2, 0.25) is 0 Å². The molecule has 0 spiro atoms. The molecule has 8 heteroatoms. The molecular formula is C20H23F2N5O. The summed E-state index contributed by atoms with van der Waals surface area (Å²) in [7, 11) is 3.52. The summed E-state index contributed by atoms with van der Waals surface area (Å²) in [4.78, 5) is 10.6. The molecule has 0 radical (unpaired) electrons. The molecule has 1 fully saturated rings. The fourth-order valence-corrected chi connectivity index (χ4v) is 3.92. The van der Waals surface area contributed by atoms with Crippen LogP contribution in [0, 0.1) is 13.8 Å². The topological polar surface area (TPSA) is 66.2 Å². The number of phenols is 1. The van der Waals surface area contributed by atoms with Crippen LogP contribution in [-0.2, 0) is 7.05 Å². The maximum atomic E-state index is 14.1. The predicted molar refractivity (Wildman–Crippen MR) is 105 cm³/mol. The third-order valence-corrected chi connectivity index (χ3v) is 5.23. The average Bonchev–Trinajstić information content (AvgIpc) is 3.02. The Morgan fingerprint density at radius 3 is 2.57 bits per heavy atom. The van der Waals surface area contributed by atoms with Crippen LogP contribution < -0.4 is 5.32 Å². The number of aromatic hydroxyl groups is 1. The number of hydrogen-bond donors (Lipinski definition) is 2. The first kappa shape index (κ1) is 18.6. The Morgan fingerprint density at radius 2 is 1.93 bits per heavy atom. The van der Waals surface area contributed by atoms with Gasteiger partial charge in [-0.3, -0.25) is 4.90 Å². The number of alkyl halides is 2. The van der Waals surface area contributed by atoms with Crippen molar-refractivity contribution in [2.45, 2.75) is 25.8 Å². The van der Waals surface area contributed by atoms with Crippen molar-refractivity contribution in [2.24, 2.45) is 7.05 Å². The Balaban J connectivity index is 1.73. The van der Waals surface area contributed by atoms with Gasteiger partial charge in [0.25, 0.3) is 5.92 Å². The van der Waals surface area contributed by atoms with E-state index in [-0.39, 0.29) is 18.8 Å². The maximum absolute atomic E-state index is 14.1. The molecule has 0 saturated carbocycles. The van der Waals surface area contributed by atoms with Crippen molar-refractivity contribution in [3.05, 3.63) is 35.4 Å². The molecule has 0 amide bonds. The van der Waals surface area contributed by atoms with Crippen LogP contribution in [0.3, 0.4) is 0 Å². The van der Waals surface area contributed by atoms with Crippen LogP contribution in [0.5, 0.6) is 5.75 Å². The molecule has 1 aliphatic heterocycles. The number of rotatable bonds is 3. The molecule has 4 rings (SSSR count). The van der Waals surface area contributed by atoms with E-state index in [1.54, 1.807) is 30.1 Å². The molecule has 1 saturated heterocycles. The van der Waals surface area contributed by atoms with Gasteiger partial charge in [0.05, 0.1) is 17.6 Å². The summed E-state index contributed by atoms with van der Waals surface area (Å²) in [6, 6.07) is 6.17. The summed E-state index contributed by atoms with van der Waals surface area (Å²) in [6.45, 7) is 3.81.